The molecule has 0 spiro atoms. The molecule has 0 aromatic heterocycles. The van der Waals surface area contributed by atoms with Crippen LogP contribution in [0.25, 0.3) is 0 Å². The van der Waals surface area contributed by atoms with Gasteiger partial charge in [-0.2, -0.15) is 0 Å². The average molecular weight is 303 g/mol. The summed E-state index contributed by atoms with van der Waals surface area (Å²) in [7, 11) is 1.44. The smallest absolute Gasteiger partial charge is 0.255 e. The van der Waals surface area contributed by atoms with Crippen LogP contribution >= 0.6 is 0 Å². The maximum atomic E-state index is 13.2. The van der Waals surface area contributed by atoms with E-state index >= 15 is 0 Å². The number of aliphatic hydroxyl groups is 1. The molecule has 2 rings (SSSR count). The number of ether oxygens (including phenoxy) is 1. The molecule has 1 amide bonds. The number of hydrogen-bond acceptors (Lipinski definition) is 3. The van der Waals surface area contributed by atoms with Gasteiger partial charge in [0.2, 0.25) is 0 Å². The van der Waals surface area contributed by atoms with Crippen LogP contribution in [0.1, 0.15) is 21.5 Å². The first-order valence-corrected chi connectivity index (χ1v) is 6.94. The van der Waals surface area contributed by atoms with Crippen molar-refractivity contribution in [2.45, 2.75) is 13.0 Å². The molecule has 0 aliphatic rings. The number of aliphatic hydroxyl groups excluding tert-OH is 1. The van der Waals surface area contributed by atoms with E-state index in [0.29, 0.717) is 18.7 Å². The zero-order valence-corrected chi connectivity index (χ0v) is 12.3. The van der Waals surface area contributed by atoms with E-state index in [9.17, 15) is 9.18 Å². The van der Waals surface area contributed by atoms with E-state index < -0.39 is 5.82 Å². The Hall–Kier alpha value is -2.40. The van der Waals surface area contributed by atoms with Gasteiger partial charge in [-0.1, -0.05) is 24.3 Å². The van der Waals surface area contributed by atoms with Crippen LogP contribution in [-0.2, 0) is 13.0 Å². The molecule has 5 heteroatoms. The number of carbonyl (C=O) groups excluding carboxylic acids is 1. The van der Waals surface area contributed by atoms with Crippen molar-refractivity contribution in [2.75, 3.05) is 13.7 Å². The van der Waals surface area contributed by atoms with E-state index in [1.165, 1.54) is 19.2 Å². The zero-order valence-electron chi connectivity index (χ0n) is 12.3. The molecule has 0 aliphatic carbocycles. The summed E-state index contributed by atoms with van der Waals surface area (Å²) in [4.78, 5) is 12.1. The lowest BCUT2D eigenvalue weighted by Crippen LogP contribution is -2.26. The Morgan fingerprint density at radius 1 is 1.18 bits per heavy atom. The van der Waals surface area contributed by atoms with Crippen molar-refractivity contribution >= 4 is 5.91 Å². The lowest BCUT2D eigenvalue weighted by Gasteiger charge is -2.09. The molecule has 0 aliphatic heterocycles. The van der Waals surface area contributed by atoms with Gasteiger partial charge in [0.1, 0.15) is 11.6 Å². The van der Waals surface area contributed by atoms with Crippen molar-refractivity contribution in [3.05, 3.63) is 65.0 Å². The third kappa shape index (κ3) is 4.05. The predicted molar refractivity (Wildman–Crippen MR) is 81.4 cm³/mol. The van der Waals surface area contributed by atoms with Crippen LogP contribution in [0.2, 0.25) is 0 Å². The quantitative estimate of drug-likeness (QED) is 0.861. The molecule has 0 radical (unpaired) electrons. The first-order valence-electron chi connectivity index (χ1n) is 6.94. The Bertz CT molecular complexity index is 641. The summed E-state index contributed by atoms with van der Waals surface area (Å²) in [5, 5.41) is 11.7. The lowest BCUT2D eigenvalue weighted by atomic mass is 10.1. The Morgan fingerprint density at radius 3 is 2.50 bits per heavy atom. The standard InChI is InChI=1S/C17H18FNO3/c1-22-16-7-6-14(18)10-15(16)17(21)19-9-8-12-2-4-13(11-20)5-3-12/h2-7,10,20H,8-9,11H2,1H3,(H,19,21). The number of carbonyl (C=O) groups is 1. The molecule has 2 aromatic carbocycles. The normalized spacial score (nSPS) is 10.3. The summed E-state index contributed by atoms with van der Waals surface area (Å²) in [5.41, 5.74) is 2.07. The van der Waals surface area contributed by atoms with Crippen molar-refractivity contribution < 1.29 is 19.0 Å². The third-order valence-electron chi connectivity index (χ3n) is 3.31. The highest BCUT2D eigenvalue weighted by molar-refractivity contribution is 5.96. The molecule has 0 saturated carbocycles. The summed E-state index contributed by atoms with van der Waals surface area (Å²) >= 11 is 0. The fourth-order valence-electron chi connectivity index (χ4n) is 2.08. The van der Waals surface area contributed by atoms with Gasteiger partial charge in [0.05, 0.1) is 19.3 Å². The van der Waals surface area contributed by atoms with E-state index in [4.69, 9.17) is 9.84 Å². The van der Waals surface area contributed by atoms with E-state index in [1.54, 1.807) is 0 Å². The summed E-state index contributed by atoms with van der Waals surface area (Å²) in [6.07, 6.45) is 0.648. The van der Waals surface area contributed by atoms with E-state index in [1.807, 2.05) is 24.3 Å². The summed E-state index contributed by atoms with van der Waals surface area (Å²) in [5.74, 6) is -0.514. The number of amides is 1. The highest BCUT2D eigenvalue weighted by Crippen LogP contribution is 2.19. The average Bonchev–Trinajstić information content (AvgIpc) is 2.55. The van der Waals surface area contributed by atoms with Crippen LogP contribution < -0.4 is 10.1 Å². The molecule has 116 valence electrons. The van der Waals surface area contributed by atoms with Gasteiger partial charge in [-0.05, 0) is 35.7 Å². The summed E-state index contributed by atoms with van der Waals surface area (Å²) in [6, 6.07) is 11.3. The second kappa shape index (κ2) is 7.56. The molecular weight excluding hydrogens is 285 g/mol. The van der Waals surface area contributed by atoms with Crippen LogP contribution in [-0.4, -0.2) is 24.7 Å². The minimum absolute atomic E-state index is 0.0103. The van der Waals surface area contributed by atoms with Crippen molar-refractivity contribution in [3.8, 4) is 5.75 Å². The van der Waals surface area contributed by atoms with Gasteiger partial charge in [0.15, 0.2) is 0 Å². The van der Waals surface area contributed by atoms with Crippen LogP contribution in [0.15, 0.2) is 42.5 Å². The minimum Gasteiger partial charge on any atom is -0.496 e. The summed E-state index contributed by atoms with van der Waals surface area (Å²) in [6.45, 7) is 0.438. The van der Waals surface area contributed by atoms with Crippen molar-refractivity contribution in [1.82, 2.24) is 5.32 Å². The van der Waals surface area contributed by atoms with Gasteiger partial charge < -0.3 is 15.2 Å². The first kappa shape index (κ1) is 16.0. The van der Waals surface area contributed by atoms with Gasteiger partial charge in [0.25, 0.3) is 5.91 Å². The van der Waals surface area contributed by atoms with Crippen LogP contribution in [0.4, 0.5) is 4.39 Å². The van der Waals surface area contributed by atoms with Crippen molar-refractivity contribution in [1.29, 1.82) is 0 Å². The second-order valence-corrected chi connectivity index (χ2v) is 4.83. The van der Waals surface area contributed by atoms with Gasteiger partial charge in [0, 0.05) is 6.54 Å². The van der Waals surface area contributed by atoms with Crippen LogP contribution in [0.3, 0.4) is 0 Å². The fraction of sp³-hybridized carbons (Fsp3) is 0.235. The predicted octanol–water partition coefficient (Wildman–Crippen LogP) is 2.30. The third-order valence-corrected chi connectivity index (χ3v) is 3.31. The molecule has 0 atom stereocenters. The molecule has 22 heavy (non-hydrogen) atoms. The number of halogens is 1. The van der Waals surface area contributed by atoms with E-state index in [-0.39, 0.29) is 18.1 Å². The Balaban J connectivity index is 1.93. The molecule has 0 heterocycles. The maximum absolute atomic E-state index is 13.2. The highest BCUT2D eigenvalue weighted by Gasteiger charge is 2.12. The van der Waals surface area contributed by atoms with Crippen LogP contribution in [0, 0.1) is 5.82 Å². The molecule has 2 N–H and O–H groups in total. The number of hydrogen-bond donors (Lipinski definition) is 2. The second-order valence-electron chi connectivity index (χ2n) is 4.83. The number of methoxy groups -OCH3 is 1. The molecule has 0 bridgehead atoms. The molecular formula is C17H18FNO3. The maximum Gasteiger partial charge on any atom is 0.255 e. The highest BCUT2D eigenvalue weighted by atomic mass is 19.1. The molecule has 0 unspecified atom stereocenters. The van der Waals surface area contributed by atoms with E-state index in [0.717, 1.165) is 17.2 Å². The number of benzene rings is 2. The molecule has 2 aromatic rings. The monoisotopic (exact) mass is 303 g/mol. The van der Waals surface area contributed by atoms with E-state index in [2.05, 4.69) is 5.32 Å². The lowest BCUT2D eigenvalue weighted by molar-refractivity contribution is 0.0950. The topological polar surface area (TPSA) is 58.6 Å². The Labute approximate surface area is 128 Å². The van der Waals surface area contributed by atoms with Gasteiger partial charge in [-0.15, -0.1) is 0 Å². The fourth-order valence-corrected chi connectivity index (χ4v) is 2.08. The molecule has 4 nitrogen and oxygen atoms in total. The number of rotatable bonds is 6. The summed E-state index contributed by atoms with van der Waals surface area (Å²) < 4.78 is 18.3. The minimum atomic E-state index is -0.481. The largest absolute Gasteiger partial charge is 0.496 e. The molecule has 0 saturated heterocycles. The Morgan fingerprint density at radius 2 is 1.86 bits per heavy atom. The SMILES string of the molecule is COc1ccc(F)cc1C(=O)NCCc1ccc(CO)cc1. The zero-order chi connectivity index (χ0) is 15.9. The van der Waals surface area contributed by atoms with Crippen molar-refractivity contribution in [2.24, 2.45) is 0 Å². The number of nitrogens with one attached hydrogen (secondary N) is 1. The molecule has 0 fully saturated rings. The van der Waals surface area contributed by atoms with Gasteiger partial charge >= 0.3 is 0 Å². The van der Waals surface area contributed by atoms with Gasteiger partial charge in [-0.25, -0.2) is 4.39 Å². The van der Waals surface area contributed by atoms with Gasteiger partial charge in [-0.3, -0.25) is 4.79 Å². The first-order chi connectivity index (χ1) is 10.6. The Kier molecular flexibility index (Phi) is 5.49. The van der Waals surface area contributed by atoms with Crippen molar-refractivity contribution in [3.63, 3.8) is 0 Å². The van der Waals surface area contributed by atoms with Crippen LogP contribution in [0.5, 0.6) is 5.75 Å².